The molecule has 0 saturated heterocycles. The Morgan fingerprint density at radius 1 is 1.03 bits per heavy atom. The molecule has 0 aliphatic rings. The van der Waals surface area contributed by atoms with Gasteiger partial charge in [-0.05, 0) is 67.3 Å². The maximum atomic E-state index is 12.3. The predicted octanol–water partition coefficient (Wildman–Crippen LogP) is 4.23. The lowest BCUT2D eigenvalue weighted by atomic mass is 9.86. The molecule has 3 aromatic rings. The number of rotatable bonds is 10. The normalized spacial score (nSPS) is 12.0. The number of aliphatic hydroxyl groups excluding tert-OH is 1. The number of hydrogen-bond donors (Lipinski definition) is 1. The quantitative estimate of drug-likeness (QED) is 0.251. The van der Waals surface area contributed by atoms with Crippen molar-refractivity contribution in [2.75, 3.05) is 6.61 Å². The van der Waals surface area contributed by atoms with E-state index in [1.807, 2.05) is 13.8 Å². The number of allylic oxidation sites excluding steroid dienone is 2. The largest absolute Gasteiger partial charge is 0.466 e. The van der Waals surface area contributed by atoms with Gasteiger partial charge in [-0.1, -0.05) is 59.7 Å². The number of ketones is 1. The summed E-state index contributed by atoms with van der Waals surface area (Å²) in [5.74, 6) is -0.483. The molecule has 0 amide bonds. The molecule has 1 aromatic heterocycles. The molecule has 194 valence electrons. The van der Waals surface area contributed by atoms with Crippen LogP contribution in [0.3, 0.4) is 0 Å². The summed E-state index contributed by atoms with van der Waals surface area (Å²) in [6, 6.07) is 12.5. The average molecular weight is 503 g/mol. The minimum atomic E-state index is -1.10. The molecule has 0 saturated carbocycles. The van der Waals surface area contributed by atoms with Crippen molar-refractivity contribution in [1.82, 2.24) is 20.2 Å². The van der Waals surface area contributed by atoms with Crippen molar-refractivity contribution in [2.45, 2.75) is 53.6 Å². The summed E-state index contributed by atoms with van der Waals surface area (Å²) in [4.78, 5) is 23.9. The molecular weight excluding hydrogens is 468 g/mol. The van der Waals surface area contributed by atoms with Crippen molar-refractivity contribution in [1.29, 1.82) is 0 Å². The van der Waals surface area contributed by atoms with Gasteiger partial charge in [-0.3, -0.25) is 9.59 Å². The number of esters is 1. The van der Waals surface area contributed by atoms with Gasteiger partial charge >= 0.3 is 5.97 Å². The van der Waals surface area contributed by atoms with Crippen LogP contribution in [0.4, 0.5) is 0 Å². The average Bonchev–Trinajstić information content (AvgIpc) is 3.23. The zero-order valence-electron chi connectivity index (χ0n) is 22.3. The lowest BCUT2D eigenvalue weighted by Gasteiger charge is -2.19. The molecule has 0 bridgehead atoms. The van der Waals surface area contributed by atoms with Crippen molar-refractivity contribution in [2.24, 2.45) is 7.05 Å². The third kappa shape index (κ3) is 7.07. The summed E-state index contributed by atoms with van der Waals surface area (Å²) >= 11 is 0. The lowest BCUT2D eigenvalue weighted by molar-refractivity contribution is -0.145. The van der Waals surface area contributed by atoms with Gasteiger partial charge in [0.1, 0.15) is 12.2 Å². The van der Waals surface area contributed by atoms with Gasteiger partial charge in [0.15, 0.2) is 5.82 Å². The summed E-state index contributed by atoms with van der Waals surface area (Å²) in [7, 11) is 1.75. The number of aliphatic hydroxyl groups is 1. The standard InChI is InChI=1S/C29H34N4O4/c1-7-37-27(36)17-23(35)16-22(34)10-13-26(29-30-31-32-33(29)6)28(24-11-8-18(2)14-20(24)4)25-12-9-19(3)15-21(25)5/h8-15,22,34H,7,16-17H2,1-6H3. The van der Waals surface area contributed by atoms with Crippen LogP contribution in [0.5, 0.6) is 0 Å². The van der Waals surface area contributed by atoms with Gasteiger partial charge in [0, 0.05) is 24.6 Å². The van der Waals surface area contributed by atoms with Gasteiger partial charge < -0.3 is 9.84 Å². The maximum Gasteiger partial charge on any atom is 0.313 e. The minimum Gasteiger partial charge on any atom is -0.466 e. The Labute approximate surface area is 217 Å². The van der Waals surface area contributed by atoms with Gasteiger partial charge in [-0.2, -0.15) is 0 Å². The van der Waals surface area contributed by atoms with E-state index in [0.29, 0.717) is 11.4 Å². The predicted molar refractivity (Wildman–Crippen MR) is 143 cm³/mol. The Morgan fingerprint density at radius 2 is 1.62 bits per heavy atom. The number of aromatic nitrogens is 4. The molecule has 1 unspecified atom stereocenters. The summed E-state index contributed by atoms with van der Waals surface area (Å²) in [6.07, 6.45) is 1.62. The topological polar surface area (TPSA) is 107 Å². The van der Waals surface area contributed by atoms with Crippen molar-refractivity contribution < 1.29 is 19.4 Å². The molecule has 0 fully saturated rings. The monoisotopic (exact) mass is 502 g/mol. The van der Waals surface area contributed by atoms with E-state index in [4.69, 9.17) is 4.74 Å². The first kappa shape index (κ1) is 27.7. The molecule has 2 aromatic carbocycles. The van der Waals surface area contributed by atoms with Crippen LogP contribution >= 0.6 is 0 Å². The molecule has 0 aliphatic heterocycles. The van der Waals surface area contributed by atoms with Gasteiger partial charge in [-0.15, -0.1) is 5.10 Å². The minimum absolute atomic E-state index is 0.202. The number of carbonyl (C=O) groups excluding carboxylic acids is 2. The summed E-state index contributed by atoms with van der Waals surface area (Å²) in [5.41, 5.74) is 8.09. The van der Waals surface area contributed by atoms with Crippen LogP contribution in [0.1, 0.15) is 59.0 Å². The van der Waals surface area contributed by atoms with Crippen molar-refractivity contribution in [3.05, 3.63) is 87.8 Å². The number of Topliss-reactive ketones (excluding diaryl/α,β-unsaturated/α-hetero) is 1. The Morgan fingerprint density at radius 3 is 2.11 bits per heavy atom. The molecule has 0 aliphatic carbocycles. The van der Waals surface area contributed by atoms with Crippen LogP contribution in [0.15, 0.2) is 48.6 Å². The van der Waals surface area contributed by atoms with Crippen LogP contribution in [-0.4, -0.2) is 49.8 Å². The number of aryl methyl sites for hydroxylation is 5. The third-order valence-electron chi connectivity index (χ3n) is 6.00. The number of tetrazole rings is 1. The van der Waals surface area contributed by atoms with E-state index in [0.717, 1.165) is 39.0 Å². The highest BCUT2D eigenvalue weighted by atomic mass is 16.5. The molecule has 1 N–H and O–H groups in total. The molecule has 8 nitrogen and oxygen atoms in total. The molecule has 0 spiro atoms. The zero-order valence-corrected chi connectivity index (χ0v) is 22.3. The Balaban J connectivity index is 2.16. The van der Waals surface area contributed by atoms with Crippen LogP contribution in [0.2, 0.25) is 0 Å². The number of benzene rings is 2. The fraction of sp³-hybridized carbons (Fsp3) is 0.345. The molecule has 1 atom stereocenters. The second kappa shape index (κ2) is 12.4. The summed E-state index contributed by atoms with van der Waals surface area (Å²) in [5, 5.41) is 22.8. The first-order valence-electron chi connectivity index (χ1n) is 12.3. The van der Waals surface area contributed by atoms with Crippen molar-refractivity contribution in [3.63, 3.8) is 0 Å². The van der Waals surface area contributed by atoms with Crippen LogP contribution in [0.25, 0.3) is 11.1 Å². The number of nitrogens with zero attached hydrogens (tertiary/aromatic N) is 4. The van der Waals surface area contributed by atoms with E-state index in [9.17, 15) is 14.7 Å². The number of ether oxygens (including phenoxy) is 1. The van der Waals surface area contributed by atoms with E-state index in [1.165, 1.54) is 0 Å². The van der Waals surface area contributed by atoms with E-state index >= 15 is 0 Å². The third-order valence-corrected chi connectivity index (χ3v) is 6.00. The highest BCUT2D eigenvalue weighted by Gasteiger charge is 2.20. The van der Waals surface area contributed by atoms with E-state index in [1.54, 1.807) is 30.8 Å². The first-order valence-corrected chi connectivity index (χ1v) is 12.3. The Hall–Kier alpha value is -3.91. The van der Waals surface area contributed by atoms with Gasteiger partial charge in [0.25, 0.3) is 0 Å². The maximum absolute atomic E-state index is 12.3. The fourth-order valence-electron chi connectivity index (χ4n) is 4.30. The number of hydrogen-bond acceptors (Lipinski definition) is 7. The second-order valence-corrected chi connectivity index (χ2v) is 9.20. The molecule has 3 rings (SSSR count). The van der Waals surface area contributed by atoms with Gasteiger partial charge in [-0.25, -0.2) is 4.68 Å². The number of carbonyl (C=O) groups is 2. The van der Waals surface area contributed by atoms with Gasteiger partial charge in [0.2, 0.25) is 0 Å². The molecule has 0 radical (unpaired) electrons. The molecule has 37 heavy (non-hydrogen) atoms. The van der Waals surface area contributed by atoms with Crippen LogP contribution < -0.4 is 0 Å². The molecule has 1 heterocycles. The second-order valence-electron chi connectivity index (χ2n) is 9.20. The van der Waals surface area contributed by atoms with E-state index < -0.39 is 17.9 Å². The Bertz CT molecular complexity index is 1300. The smallest absolute Gasteiger partial charge is 0.313 e. The highest BCUT2D eigenvalue weighted by Crippen LogP contribution is 2.36. The van der Waals surface area contributed by atoms with E-state index in [2.05, 4.69) is 65.8 Å². The highest BCUT2D eigenvalue weighted by molar-refractivity contribution is 6.02. The van der Waals surface area contributed by atoms with Crippen molar-refractivity contribution >= 4 is 22.9 Å². The Kier molecular flexibility index (Phi) is 9.25. The van der Waals surface area contributed by atoms with Gasteiger partial charge in [0.05, 0.1) is 12.7 Å². The SMILES string of the molecule is CCOC(=O)CC(=O)CC(O)C=CC(=C(c1ccc(C)cc1C)c1ccc(C)cc1C)c1nnnn1C. The first-order chi connectivity index (χ1) is 17.6. The summed E-state index contributed by atoms with van der Waals surface area (Å²) < 4.78 is 6.41. The fourth-order valence-corrected chi connectivity index (χ4v) is 4.30. The van der Waals surface area contributed by atoms with Crippen LogP contribution in [0, 0.1) is 27.7 Å². The summed E-state index contributed by atoms with van der Waals surface area (Å²) in [6.45, 7) is 10.1. The lowest BCUT2D eigenvalue weighted by Crippen LogP contribution is -2.16. The molecule has 8 heteroatoms. The molecular formula is C29H34N4O4. The van der Waals surface area contributed by atoms with Crippen LogP contribution in [-0.2, 0) is 21.4 Å². The van der Waals surface area contributed by atoms with E-state index in [-0.39, 0.29) is 19.4 Å². The zero-order chi connectivity index (χ0) is 27.1. The van der Waals surface area contributed by atoms with Crippen molar-refractivity contribution in [3.8, 4) is 0 Å².